The molecule has 1 aliphatic carbocycles. The summed E-state index contributed by atoms with van der Waals surface area (Å²) >= 11 is 0. The molecule has 2 nitrogen and oxygen atoms in total. The van der Waals surface area contributed by atoms with Gasteiger partial charge in [-0.3, -0.25) is 4.79 Å². The summed E-state index contributed by atoms with van der Waals surface area (Å²) < 4.78 is 0. The van der Waals surface area contributed by atoms with Crippen LogP contribution >= 0.6 is 0 Å². The van der Waals surface area contributed by atoms with Crippen molar-refractivity contribution in [3.63, 3.8) is 0 Å². The summed E-state index contributed by atoms with van der Waals surface area (Å²) in [6.45, 7) is 2.37. The summed E-state index contributed by atoms with van der Waals surface area (Å²) in [5.41, 5.74) is 6.81. The minimum Gasteiger partial charge on any atom is -0.346 e. The molecular weight excluding hydrogens is 282 g/mol. The van der Waals surface area contributed by atoms with Crippen LogP contribution < -0.4 is 0 Å². The van der Waals surface area contributed by atoms with Crippen LogP contribution in [-0.4, -0.2) is 24.4 Å². The summed E-state index contributed by atoms with van der Waals surface area (Å²) in [4.78, 5) is 13.2. The first kappa shape index (κ1) is 15.5. The van der Waals surface area contributed by atoms with Gasteiger partial charge in [-0.25, -0.2) is 0 Å². The maximum Gasteiger partial charge on any atom is 0.219 e. The number of hydrogen-bond acceptors (Lipinski definition) is 1. The highest BCUT2D eigenvalue weighted by atomic mass is 16.2. The van der Waals surface area contributed by atoms with Gasteiger partial charge in [0.25, 0.3) is 0 Å². The minimum absolute atomic E-state index is 0.116. The van der Waals surface area contributed by atoms with Crippen LogP contribution in [0.4, 0.5) is 0 Å². The van der Waals surface area contributed by atoms with Crippen LogP contribution in [-0.2, 0) is 17.6 Å². The minimum atomic E-state index is 0.116. The smallest absolute Gasteiger partial charge is 0.219 e. The highest BCUT2D eigenvalue weighted by Gasteiger charge is 2.17. The van der Waals surface area contributed by atoms with Crippen molar-refractivity contribution in [3.05, 3.63) is 76.9 Å². The Labute approximate surface area is 138 Å². The number of carbonyl (C=O) groups excluding carboxylic acids is 1. The first-order valence-corrected chi connectivity index (χ1v) is 8.25. The van der Waals surface area contributed by atoms with Crippen molar-refractivity contribution >= 4 is 11.5 Å². The molecule has 0 saturated heterocycles. The zero-order chi connectivity index (χ0) is 16.2. The van der Waals surface area contributed by atoms with Crippen molar-refractivity contribution in [1.29, 1.82) is 0 Å². The summed E-state index contributed by atoms with van der Waals surface area (Å²) in [5.74, 6) is 0.116. The Morgan fingerprint density at radius 2 is 1.52 bits per heavy atom. The molecule has 0 fully saturated rings. The number of benzene rings is 2. The predicted octanol–water partition coefficient (Wildman–Crippen LogP) is 4.09. The van der Waals surface area contributed by atoms with Gasteiger partial charge in [-0.2, -0.15) is 0 Å². The first-order chi connectivity index (χ1) is 11.2. The molecule has 0 saturated carbocycles. The molecule has 1 aliphatic rings. The molecule has 0 aromatic heterocycles. The largest absolute Gasteiger partial charge is 0.346 e. The molecule has 0 atom stereocenters. The highest BCUT2D eigenvalue weighted by molar-refractivity contribution is 5.84. The molecule has 0 radical (unpaired) electrons. The van der Waals surface area contributed by atoms with Crippen molar-refractivity contribution in [1.82, 2.24) is 4.90 Å². The summed E-state index contributed by atoms with van der Waals surface area (Å²) in [6.07, 6.45) is 5.33. The van der Waals surface area contributed by atoms with Crippen molar-refractivity contribution in [2.45, 2.75) is 26.2 Å². The van der Waals surface area contributed by atoms with E-state index in [0.29, 0.717) is 0 Å². The fraction of sp³-hybridized carbons (Fsp3) is 0.286. The lowest BCUT2D eigenvalue weighted by molar-refractivity contribution is -0.127. The lowest BCUT2D eigenvalue weighted by Gasteiger charge is -2.15. The number of hydrogen-bond donors (Lipinski definition) is 0. The van der Waals surface area contributed by atoms with E-state index in [0.717, 1.165) is 25.8 Å². The molecule has 3 rings (SSSR count). The zero-order valence-electron chi connectivity index (χ0n) is 13.9. The first-order valence-electron chi connectivity index (χ1n) is 8.25. The quantitative estimate of drug-likeness (QED) is 0.836. The molecule has 2 heteroatoms. The van der Waals surface area contributed by atoms with E-state index in [2.05, 4.69) is 54.6 Å². The molecule has 0 heterocycles. The van der Waals surface area contributed by atoms with E-state index >= 15 is 0 Å². The monoisotopic (exact) mass is 305 g/mol. The topological polar surface area (TPSA) is 20.3 Å². The van der Waals surface area contributed by atoms with Crippen molar-refractivity contribution < 1.29 is 4.79 Å². The molecule has 118 valence electrons. The normalized spacial score (nSPS) is 12.9. The predicted molar refractivity (Wildman–Crippen MR) is 95.3 cm³/mol. The molecule has 0 unspecified atom stereocenters. The van der Waals surface area contributed by atoms with E-state index in [1.807, 2.05) is 7.05 Å². The fourth-order valence-corrected chi connectivity index (χ4v) is 3.20. The lowest BCUT2D eigenvalue weighted by Crippen LogP contribution is -2.24. The second-order valence-corrected chi connectivity index (χ2v) is 6.16. The summed E-state index contributed by atoms with van der Waals surface area (Å²) in [5, 5.41) is 0. The Bertz CT molecular complexity index is 696. The maximum atomic E-state index is 11.4. The maximum absolute atomic E-state index is 11.4. The third-order valence-electron chi connectivity index (χ3n) is 4.63. The molecule has 0 spiro atoms. The molecule has 0 aliphatic heterocycles. The van der Waals surface area contributed by atoms with Gasteiger partial charge in [-0.1, -0.05) is 54.6 Å². The molecular formula is C21H23NO. The molecule has 23 heavy (non-hydrogen) atoms. The summed E-state index contributed by atoms with van der Waals surface area (Å²) in [7, 11) is 1.86. The van der Waals surface area contributed by atoms with Crippen molar-refractivity contribution in [2.24, 2.45) is 0 Å². The van der Waals surface area contributed by atoms with Crippen molar-refractivity contribution in [3.8, 4) is 0 Å². The highest BCUT2D eigenvalue weighted by Crippen LogP contribution is 2.33. The van der Waals surface area contributed by atoms with Gasteiger partial charge in [0.2, 0.25) is 5.91 Å². The Morgan fingerprint density at radius 3 is 2.04 bits per heavy atom. The number of amides is 1. The van der Waals surface area contributed by atoms with Gasteiger partial charge < -0.3 is 4.90 Å². The number of rotatable bonds is 3. The third kappa shape index (κ3) is 3.37. The zero-order valence-corrected chi connectivity index (χ0v) is 13.9. The molecule has 0 bridgehead atoms. The number of fused-ring (bicyclic) bond motifs is 2. The third-order valence-corrected chi connectivity index (χ3v) is 4.63. The number of nitrogens with zero attached hydrogens (tertiary/aromatic N) is 1. The van der Waals surface area contributed by atoms with Gasteiger partial charge in [0.15, 0.2) is 0 Å². The fourth-order valence-electron chi connectivity index (χ4n) is 3.20. The van der Waals surface area contributed by atoms with Crippen LogP contribution in [0.3, 0.4) is 0 Å². The lowest BCUT2D eigenvalue weighted by atomic mass is 9.93. The van der Waals surface area contributed by atoms with E-state index in [9.17, 15) is 4.79 Å². The number of aryl methyl sites for hydroxylation is 2. The van der Waals surface area contributed by atoms with Crippen LogP contribution in [0, 0.1) is 0 Å². The SMILES string of the molecule is CC(=O)N(C)CCC=C1c2ccccc2CCc2ccccc21. The Morgan fingerprint density at radius 1 is 1.00 bits per heavy atom. The van der Waals surface area contributed by atoms with Gasteiger partial charge in [0, 0.05) is 20.5 Å². The standard InChI is InChI=1S/C21H23NO/c1-16(23)22(2)15-7-12-21-19-10-5-3-8-17(19)13-14-18-9-4-6-11-20(18)21/h3-6,8-12H,7,13-15H2,1-2H3. The van der Waals surface area contributed by atoms with Crippen molar-refractivity contribution in [2.75, 3.05) is 13.6 Å². The Kier molecular flexibility index (Phi) is 4.61. The second-order valence-electron chi connectivity index (χ2n) is 6.16. The van der Waals surface area contributed by atoms with E-state index < -0.39 is 0 Å². The van der Waals surface area contributed by atoms with Gasteiger partial charge in [-0.15, -0.1) is 0 Å². The molecule has 1 amide bonds. The van der Waals surface area contributed by atoms with Gasteiger partial charge >= 0.3 is 0 Å². The van der Waals surface area contributed by atoms with E-state index in [1.165, 1.54) is 27.8 Å². The van der Waals surface area contributed by atoms with Crippen LogP contribution in [0.2, 0.25) is 0 Å². The van der Waals surface area contributed by atoms with E-state index in [4.69, 9.17) is 0 Å². The van der Waals surface area contributed by atoms with Crippen LogP contribution in [0.25, 0.3) is 5.57 Å². The van der Waals surface area contributed by atoms with Gasteiger partial charge in [0.1, 0.15) is 0 Å². The second kappa shape index (κ2) is 6.82. The Balaban J connectivity index is 1.98. The van der Waals surface area contributed by atoms with Gasteiger partial charge in [-0.05, 0) is 47.1 Å². The average Bonchev–Trinajstić information content (AvgIpc) is 2.72. The number of carbonyl (C=O) groups is 1. The summed E-state index contributed by atoms with van der Waals surface area (Å²) in [6, 6.07) is 17.4. The van der Waals surface area contributed by atoms with Gasteiger partial charge in [0.05, 0.1) is 0 Å². The van der Waals surface area contributed by atoms with Crippen LogP contribution in [0.15, 0.2) is 54.6 Å². The molecule has 0 N–H and O–H groups in total. The van der Waals surface area contributed by atoms with E-state index in [-0.39, 0.29) is 5.91 Å². The van der Waals surface area contributed by atoms with E-state index in [1.54, 1.807) is 11.8 Å². The Hall–Kier alpha value is -2.35. The molecule has 2 aromatic rings. The van der Waals surface area contributed by atoms with Crippen LogP contribution in [0.1, 0.15) is 35.6 Å². The van der Waals surface area contributed by atoms with Crippen LogP contribution in [0.5, 0.6) is 0 Å². The average molecular weight is 305 g/mol. The molecule has 2 aromatic carbocycles.